The van der Waals surface area contributed by atoms with Crippen LogP contribution in [0.25, 0.3) is 0 Å². The molecule has 3 nitrogen and oxygen atoms in total. The van der Waals surface area contributed by atoms with Crippen LogP contribution in [0.4, 0.5) is 18.9 Å². The van der Waals surface area contributed by atoms with Gasteiger partial charge in [-0.3, -0.25) is 4.79 Å². The third-order valence-electron chi connectivity index (χ3n) is 1.81. The average Bonchev–Trinajstić information content (AvgIpc) is 2.20. The number of nitrogens with zero attached hydrogens (tertiary/aromatic N) is 1. The first-order valence-corrected chi connectivity index (χ1v) is 4.76. The van der Waals surface area contributed by atoms with Gasteiger partial charge in [-0.05, 0) is 18.2 Å². The Morgan fingerprint density at radius 1 is 1.47 bits per heavy atom. The van der Waals surface area contributed by atoms with Crippen LogP contribution in [0.1, 0.15) is 12.0 Å². The van der Waals surface area contributed by atoms with Crippen molar-refractivity contribution in [3.05, 3.63) is 28.8 Å². The quantitative estimate of drug-likeness (QED) is 0.890. The summed E-state index contributed by atoms with van der Waals surface area (Å²) in [7, 11) is 0. The molecule has 0 saturated carbocycles. The SMILES string of the molecule is N#CCC(=O)Nc1cc(C(F)(F)F)ccc1Cl. The number of carbonyl (C=O) groups is 1. The van der Waals surface area contributed by atoms with Gasteiger partial charge < -0.3 is 5.32 Å². The van der Waals surface area contributed by atoms with Crippen molar-refractivity contribution in [3.63, 3.8) is 0 Å². The van der Waals surface area contributed by atoms with Crippen molar-refractivity contribution in [1.29, 1.82) is 5.26 Å². The van der Waals surface area contributed by atoms with Crippen LogP contribution in [0.15, 0.2) is 18.2 Å². The molecule has 0 aromatic heterocycles. The van der Waals surface area contributed by atoms with Gasteiger partial charge in [0.2, 0.25) is 5.91 Å². The summed E-state index contributed by atoms with van der Waals surface area (Å²) in [5, 5.41) is 10.4. The Labute approximate surface area is 99.8 Å². The lowest BCUT2D eigenvalue weighted by Gasteiger charge is -2.10. The van der Waals surface area contributed by atoms with Gasteiger partial charge in [0.05, 0.1) is 22.3 Å². The molecule has 0 heterocycles. The zero-order valence-corrected chi connectivity index (χ0v) is 9.06. The summed E-state index contributed by atoms with van der Waals surface area (Å²) < 4.78 is 37.1. The Morgan fingerprint density at radius 3 is 2.65 bits per heavy atom. The fourth-order valence-electron chi connectivity index (χ4n) is 1.06. The zero-order chi connectivity index (χ0) is 13.1. The first kappa shape index (κ1) is 13.3. The summed E-state index contributed by atoms with van der Waals surface area (Å²) in [4.78, 5) is 11.1. The van der Waals surface area contributed by atoms with E-state index in [0.717, 1.165) is 18.2 Å². The maximum atomic E-state index is 12.4. The van der Waals surface area contributed by atoms with Crippen molar-refractivity contribution < 1.29 is 18.0 Å². The fourth-order valence-corrected chi connectivity index (χ4v) is 1.23. The molecule has 0 fully saturated rings. The van der Waals surface area contributed by atoms with E-state index in [1.165, 1.54) is 0 Å². The molecule has 1 aromatic carbocycles. The smallest absolute Gasteiger partial charge is 0.324 e. The van der Waals surface area contributed by atoms with E-state index in [1.807, 2.05) is 0 Å². The molecule has 0 radical (unpaired) electrons. The molecule has 0 aliphatic rings. The van der Waals surface area contributed by atoms with Crippen LogP contribution in [0.2, 0.25) is 5.02 Å². The van der Waals surface area contributed by atoms with E-state index in [0.29, 0.717) is 0 Å². The summed E-state index contributed by atoms with van der Waals surface area (Å²) in [6.07, 6.45) is -4.97. The fraction of sp³-hybridized carbons (Fsp3) is 0.200. The maximum Gasteiger partial charge on any atom is 0.416 e. The van der Waals surface area contributed by atoms with E-state index in [2.05, 4.69) is 5.32 Å². The molecule has 17 heavy (non-hydrogen) atoms. The monoisotopic (exact) mass is 262 g/mol. The molecular formula is C10H6ClF3N2O. The topological polar surface area (TPSA) is 52.9 Å². The molecular weight excluding hydrogens is 257 g/mol. The van der Waals surface area contributed by atoms with E-state index in [9.17, 15) is 18.0 Å². The maximum absolute atomic E-state index is 12.4. The van der Waals surface area contributed by atoms with Crippen molar-refractivity contribution in [3.8, 4) is 6.07 Å². The number of nitriles is 1. The van der Waals surface area contributed by atoms with E-state index in [4.69, 9.17) is 16.9 Å². The van der Waals surface area contributed by atoms with Gasteiger partial charge in [-0.15, -0.1) is 0 Å². The van der Waals surface area contributed by atoms with E-state index >= 15 is 0 Å². The molecule has 0 aliphatic heterocycles. The number of rotatable bonds is 2. The van der Waals surface area contributed by atoms with Crippen molar-refractivity contribution in [2.45, 2.75) is 12.6 Å². The Morgan fingerprint density at radius 2 is 2.12 bits per heavy atom. The third kappa shape index (κ3) is 3.64. The van der Waals surface area contributed by atoms with Crippen LogP contribution >= 0.6 is 11.6 Å². The Kier molecular flexibility index (Phi) is 3.97. The molecule has 7 heteroatoms. The first-order valence-electron chi connectivity index (χ1n) is 4.38. The molecule has 1 N–H and O–H groups in total. The summed E-state index contributed by atoms with van der Waals surface area (Å²) in [5.41, 5.74) is -1.09. The number of anilines is 1. The second-order valence-corrected chi connectivity index (χ2v) is 3.48. The van der Waals surface area contributed by atoms with Crippen molar-refractivity contribution in [1.82, 2.24) is 0 Å². The van der Waals surface area contributed by atoms with Gasteiger partial charge in [0, 0.05) is 0 Å². The summed E-state index contributed by atoms with van der Waals surface area (Å²) in [6, 6.07) is 4.14. The highest BCUT2D eigenvalue weighted by molar-refractivity contribution is 6.33. The number of carbonyl (C=O) groups excluding carboxylic acids is 1. The van der Waals surface area contributed by atoms with Crippen LogP contribution < -0.4 is 5.32 Å². The molecule has 0 spiro atoms. The first-order chi connectivity index (χ1) is 7.84. The van der Waals surface area contributed by atoms with Gasteiger partial charge in [0.1, 0.15) is 6.42 Å². The number of halogens is 4. The highest BCUT2D eigenvalue weighted by atomic mass is 35.5. The van der Waals surface area contributed by atoms with Crippen LogP contribution in [-0.2, 0) is 11.0 Å². The molecule has 1 amide bonds. The van der Waals surface area contributed by atoms with Gasteiger partial charge in [0.15, 0.2) is 0 Å². The molecule has 0 aliphatic carbocycles. The molecule has 0 bridgehead atoms. The Bertz CT molecular complexity index is 479. The predicted octanol–water partition coefficient (Wildman–Crippen LogP) is 3.21. The van der Waals surface area contributed by atoms with Crippen LogP contribution in [-0.4, -0.2) is 5.91 Å². The largest absolute Gasteiger partial charge is 0.416 e. The predicted molar refractivity (Wildman–Crippen MR) is 55.3 cm³/mol. The standard InChI is InChI=1S/C10H6ClF3N2O/c11-7-2-1-6(10(12,13)14)5-8(7)16-9(17)3-4-15/h1-2,5H,3H2,(H,16,17). The lowest BCUT2D eigenvalue weighted by atomic mass is 10.2. The third-order valence-corrected chi connectivity index (χ3v) is 2.14. The molecule has 1 rings (SSSR count). The van der Waals surface area contributed by atoms with Crippen molar-refractivity contribution >= 4 is 23.2 Å². The van der Waals surface area contributed by atoms with E-state index in [-0.39, 0.29) is 10.7 Å². The second kappa shape index (κ2) is 5.06. The van der Waals surface area contributed by atoms with Gasteiger partial charge in [-0.25, -0.2) is 0 Å². The minimum absolute atomic E-state index is 0.0238. The summed E-state index contributed by atoms with van der Waals surface area (Å²) in [5.74, 6) is -0.714. The van der Waals surface area contributed by atoms with Crippen LogP contribution in [0, 0.1) is 11.3 Å². The van der Waals surface area contributed by atoms with Crippen molar-refractivity contribution in [2.24, 2.45) is 0 Å². The number of hydrogen-bond donors (Lipinski definition) is 1. The van der Waals surface area contributed by atoms with Crippen molar-refractivity contribution in [2.75, 3.05) is 5.32 Å². The van der Waals surface area contributed by atoms with Gasteiger partial charge in [-0.2, -0.15) is 18.4 Å². The number of alkyl halides is 3. The molecule has 0 unspecified atom stereocenters. The lowest BCUT2D eigenvalue weighted by Crippen LogP contribution is -2.12. The Hall–Kier alpha value is -1.74. The number of hydrogen-bond acceptors (Lipinski definition) is 2. The molecule has 0 saturated heterocycles. The number of amides is 1. The van der Waals surface area contributed by atoms with E-state index < -0.39 is 24.1 Å². The van der Waals surface area contributed by atoms with Gasteiger partial charge >= 0.3 is 6.18 Å². The highest BCUT2D eigenvalue weighted by Crippen LogP contribution is 2.33. The highest BCUT2D eigenvalue weighted by Gasteiger charge is 2.31. The lowest BCUT2D eigenvalue weighted by molar-refractivity contribution is -0.137. The van der Waals surface area contributed by atoms with E-state index in [1.54, 1.807) is 6.07 Å². The summed E-state index contributed by atoms with van der Waals surface area (Å²) >= 11 is 5.63. The minimum atomic E-state index is -4.51. The van der Waals surface area contributed by atoms with Gasteiger partial charge in [-0.1, -0.05) is 11.6 Å². The number of benzene rings is 1. The average molecular weight is 263 g/mol. The molecule has 1 aromatic rings. The second-order valence-electron chi connectivity index (χ2n) is 3.08. The van der Waals surface area contributed by atoms with Gasteiger partial charge in [0.25, 0.3) is 0 Å². The molecule has 90 valence electrons. The molecule has 0 atom stereocenters. The zero-order valence-electron chi connectivity index (χ0n) is 8.31. The minimum Gasteiger partial charge on any atom is -0.324 e. The van der Waals surface area contributed by atoms with Crippen LogP contribution in [0.5, 0.6) is 0 Å². The Balaban J connectivity index is 3.00. The number of nitrogens with one attached hydrogen (secondary N) is 1. The normalized spacial score (nSPS) is 10.8. The summed E-state index contributed by atoms with van der Waals surface area (Å²) in [6.45, 7) is 0. The van der Waals surface area contributed by atoms with Crippen LogP contribution in [0.3, 0.4) is 0 Å².